The van der Waals surface area contributed by atoms with Crippen LogP contribution in [0.2, 0.25) is 0 Å². The zero-order chi connectivity index (χ0) is 4.99. The highest BCUT2D eigenvalue weighted by molar-refractivity contribution is 5.85. The summed E-state index contributed by atoms with van der Waals surface area (Å²) >= 11 is 0. The van der Waals surface area contributed by atoms with Gasteiger partial charge >= 0.3 is 0 Å². The quantitative estimate of drug-likeness (QED) is 0.558. The predicted octanol–water partition coefficient (Wildman–Crippen LogP) is 0.448. The molecule has 3 heteroatoms. The highest BCUT2D eigenvalue weighted by atomic mass is 35.5. The lowest BCUT2D eigenvalue weighted by Crippen LogP contribution is -2.17. The van der Waals surface area contributed by atoms with Crippen LogP contribution in [0.25, 0.3) is 0 Å². The van der Waals surface area contributed by atoms with E-state index in [-0.39, 0.29) is 12.4 Å². The van der Waals surface area contributed by atoms with Gasteiger partial charge in [-0.25, -0.2) is 0 Å². The van der Waals surface area contributed by atoms with Crippen LogP contribution >= 0.6 is 12.4 Å². The lowest BCUT2D eigenvalue weighted by atomic mass is 10.7. The Morgan fingerprint density at radius 1 is 1.86 bits per heavy atom. The van der Waals surface area contributed by atoms with E-state index in [1.165, 1.54) is 0 Å². The third kappa shape index (κ3) is 10.7. The first-order chi connectivity index (χ1) is 2.77. The Morgan fingerprint density at radius 2 is 2.29 bits per heavy atom. The molecule has 0 aliphatic heterocycles. The molecule has 2 nitrogen and oxygen atoms in total. The zero-order valence-corrected chi connectivity index (χ0v) is 5.22. The first-order valence-electron chi connectivity index (χ1n) is 1.95. The van der Waals surface area contributed by atoms with Crippen molar-refractivity contribution < 1.29 is 0 Å². The molecular weight excluding hydrogens is 112 g/mol. The van der Waals surface area contributed by atoms with Gasteiger partial charge in [-0.2, -0.15) is 0 Å². The van der Waals surface area contributed by atoms with Crippen molar-refractivity contribution in [3.8, 4) is 0 Å². The highest BCUT2D eigenvalue weighted by Crippen LogP contribution is 1.60. The van der Waals surface area contributed by atoms with Crippen LogP contribution in [0.15, 0.2) is 12.4 Å². The molecule has 0 aromatic carbocycles. The highest BCUT2D eigenvalue weighted by Gasteiger charge is 1.70. The van der Waals surface area contributed by atoms with Gasteiger partial charge < -0.3 is 11.1 Å². The van der Waals surface area contributed by atoms with Crippen molar-refractivity contribution in [2.45, 2.75) is 6.92 Å². The fourth-order valence-corrected chi connectivity index (χ4v) is 0.227. The SMILES string of the molecule is C=C(N)NCC.Cl. The molecule has 0 unspecified atom stereocenters. The topological polar surface area (TPSA) is 38.0 Å². The van der Waals surface area contributed by atoms with Crippen molar-refractivity contribution in [1.29, 1.82) is 0 Å². The van der Waals surface area contributed by atoms with E-state index in [9.17, 15) is 0 Å². The van der Waals surface area contributed by atoms with Crippen LogP contribution in [0.3, 0.4) is 0 Å². The Balaban J connectivity index is 0. The fourth-order valence-electron chi connectivity index (χ4n) is 0.227. The molecule has 0 bridgehead atoms. The Morgan fingerprint density at radius 3 is 2.29 bits per heavy atom. The van der Waals surface area contributed by atoms with Gasteiger partial charge in [0.15, 0.2) is 0 Å². The maximum Gasteiger partial charge on any atom is 0.0885 e. The molecule has 3 N–H and O–H groups in total. The number of halogens is 1. The predicted molar refractivity (Wildman–Crippen MR) is 34.3 cm³/mol. The van der Waals surface area contributed by atoms with E-state index >= 15 is 0 Å². The fraction of sp³-hybridized carbons (Fsp3) is 0.500. The molecule has 0 spiro atoms. The second-order valence-electron chi connectivity index (χ2n) is 1.06. The van der Waals surface area contributed by atoms with Gasteiger partial charge in [-0.15, -0.1) is 12.4 Å². The smallest absolute Gasteiger partial charge is 0.0885 e. The van der Waals surface area contributed by atoms with Crippen molar-refractivity contribution >= 4 is 12.4 Å². The molecule has 7 heavy (non-hydrogen) atoms. The molecule has 0 atom stereocenters. The Hall–Kier alpha value is -0.370. The average Bonchev–Trinajstić information content (AvgIpc) is 1.35. The van der Waals surface area contributed by atoms with Crippen LogP contribution in [0, 0.1) is 0 Å². The number of hydrogen-bond acceptors (Lipinski definition) is 2. The second kappa shape index (κ2) is 5.63. The Bertz CT molecular complexity index is 53.7. The third-order valence-corrected chi connectivity index (χ3v) is 0.404. The van der Waals surface area contributed by atoms with Gasteiger partial charge in [0.2, 0.25) is 0 Å². The Labute approximate surface area is 50.2 Å². The molecule has 0 fully saturated rings. The Kier molecular flexibility index (Phi) is 7.88. The van der Waals surface area contributed by atoms with Gasteiger partial charge in [-0.1, -0.05) is 6.58 Å². The normalized spacial score (nSPS) is 6.43. The minimum Gasteiger partial charge on any atom is -0.386 e. The lowest BCUT2D eigenvalue weighted by Gasteiger charge is -1.95. The van der Waals surface area contributed by atoms with Crippen molar-refractivity contribution in [1.82, 2.24) is 5.32 Å². The molecule has 0 amide bonds. The lowest BCUT2D eigenvalue weighted by molar-refractivity contribution is 0.845. The van der Waals surface area contributed by atoms with Crippen molar-refractivity contribution in [2.75, 3.05) is 6.54 Å². The number of nitrogens with one attached hydrogen (secondary N) is 1. The van der Waals surface area contributed by atoms with Crippen LogP contribution in [0.4, 0.5) is 0 Å². The van der Waals surface area contributed by atoms with E-state index < -0.39 is 0 Å². The van der Waals surface area contributed by atoms with Gasteiger partial charge in [0.1, 0.15) is 0 Å². The summed E-state index contributed by atoms with van der Waals surface area (Å²) in [5.74, 6) is 0.539. The average molecular weight is 123 g/mol. The summed E-state index contributed by atoms with van der Waals surface area (Å²) < 4.78 is 0. The molecule has 0 aliphatic carbocycles. The minimum absolute atomic E-state index is 0. The third-order valence-electron chi connectivity index (χ3n) is 0.404. The maximum atomic E-state index is 5.10. The molecule has 0 aromatic rings. The molecular formula is C4H11ClN2. The molecule has 0 radical (unpaired) electrons. The van der Waals surface area contributed by atoms with Crippen LogP contribution in [-0.4, -0.2) is 6.54 Å². The van der Waals surface area contributed by atoms with E-state index in [1.54, 1.807) is 0 Å². The van der Waals surface area contributed by atoms with E-state index in [0.717, 1.165) is 6.54 Å². The summed E-state index contributed by atoms with van der Waals surface area (Å²) in [5, 5.41) is 2.79. The van der Waals surface area contributed by atoms with Gasteiger partial charge in [-0.3, -0.25) is 0 Å². The molecule has 0 aromatic heterocycles. The summed E-state index contributed by atoms with van der Waals surface area (Å²) in [6, 6.07) is 0. The van der Waals surface area contributed by atoms with Gasteiger partial charge in [0, 0.05) is 6.54 Å². The van der Waals surface area contributed by atoms with Gasteiger partial charge in [-0.05, 0) is 6.92 Å². The standard InChI is InChI=1S/C4H10N2.ClH/c1-3-6-4(2)5;/h6H,2-3,5H2,1H3;1H. The van der Waals surface area contributed by atoms with E-state index in [1.807, 2.05) is 6.92 Å². The van der Waals surface area contributed by atoms with Gasteiger partial charge in [0.05, 0.1) is 5.82 Å². The van der Waals surface area contributed by atoms with Crippen LogP contribution in [0.5, 0.6) is 0 Å². The van der Waals surface area contributed by atoms with Crippen LogP contribution in [-0.2, 0) is 0 Å². The first-order valence-corrected chi connectivity index (χ1v) is 1.95. The molecule has 0 saturated heterocycles. The van der Waals surface area contributed by atoms with Crippen LogP contribution < -0.4 is 11.1 Å². The first kappa shape index (κ1) is 9.80. The van der Waals surface area contributed by atoms with Crippen molar-refractivity contribution in [3.63, 3.8) is 0 Å². The molecule has 0 aliphatic rings. The van der Waals surface area contributed by atoms with Crippen molar-refractivity contribution in [2.24, 2.45) is 5.73 Å². The molecule has 0 rings (SSSR count). The molecule has 44 valence electrons. The van der Waals surface area contributed by atoms with Gasteiger partial charge in [0.25, 0.3) is 0 Å². The van der Waals surface area contributed by atoms with E-state index in [4.69, 9.17) is 5.73 Å². The summed E-state index contributed by atoms with van der Waals surface area (Å²) in [4.78, 5) is 0. The number of rotatable bonds is 2. The summed E-state index contributed by atoms with van der Waals surface area (Å²) in [5.41, 5.74) is 5.10. The summed E-state index contributed by atoms with van der Waals surface area (Å²) in [7, 11) is 0. The second-order valence-corrected chi connectivity index (χ2v) is 1.06. The van der Waals surface area contributed by atoms with Crippen LogP contribution in [0.1, 0.15) is 6.92 Å². The number of hydrogen-bond donors (Lipinski definition) is 2. The van der Waals surface area contributed by atoms with E-state index in [2.05, 4.69) is 11.9 Å². The monoisotopic (exact) mass is 122 g/mol. The minimum atomic E-state index is 0. The van der Waals surface area contributed by atoms with Crippen molar-refractivity contribution in [3.05, 3.63) is 12.4 Å². The molecule has 0 heterocycles. The number of nitrogens with two attached hydrogens (primary N) is 1. The summed E-state index contributed by atoms with van der Waals surface area (Å²) in [6.07, 6.45) is 0. The molecule has 0 saturated carbocycles. The maximum absolute atomic E-state index is 5.10. The zero-order valence-electron chi connectivity index (χ0n) is 4.40. The largest absolute Gasteiger partial charge is 0.386 e. The summed E-state index contributed by atoms with van der Waals surface area (Å²) in [6.45, 7) is 6.24. The van der Waals surface area contributed by atoms with E-state index in [0.29, 0.717) is 5.82 Å².